The number of nitro benzene ring substituents is 1. The highest BCUT2D eigenvalue weighted by atomic mass is 19.4. The van der Waals surface area contributed by atoms with E-state index in [1.165, 1.54) is 36.4 Å². The number of carbonyl (C=O) groups excluding carboxylic acids is 2. The standard InChI is InChI=1S/C22H15F3N2O5/c23-22(24,25)15-9-6-10-16(13-15)26-20(28)19(14-7-2-1-3-8-14)32-21(29)17-11-4-5-12-18(17)27(30)31/h1-13,19H,(H,26,28)/t19-/m0/s1. The molecule has 0 bridgehead atoms. The molecule has 32 heavy (non-hydrogen) atoms. The molecule has 0 aromatic heterocycles. The Bertz CT molecular complexity index is 1150. The number of hydrogen-bond acceptors (Lipinski definition) is 5. The molecule has 1 N–H and O–H groups in total. The lowest BCUT2D eigenvalue weighted by Crippen LogP contribution is -2.26. The zero-order chi connectivity index (χ0) is 23.3. The van der Waals surface area contributed by atoms with Crippen molar-refractivity contribution in [1.82, 2.24) is 0 Å². The monoisotopic (exact) mass is 444 g/mol. The number of halogens is 3. The molecule has 0 saturated carbocycles. The number of nitrogens with zero attached hydrogens (tertiary/aromatic N) is 1. The molecule has 3 aromatic rings. The quantitative estimate of drug-likeness (QED) is 0.322. The second kappa shape index (κ2) is 9.29. The van der Waals surface area contributed by atoms with Crippen LogP contribution in [0.3, 0.4) is 0 Å². The molecule has 164 valence electrons. The lowest BCUT2D eigenvalue weighted by atomic mass is 10.1. The number of esters is 1. The summed E-state index contributed by atoms with van der Waals surface area (Å²) in [5.41, 5.74) is -1.78. The van der Waals surface area contributed by atoms with E-state index in [0.29, 0.717) is 0 Å². The fourth-order valence-electron chi connectivity index (χ4n) is 2.86. The van der Waals surface area contributed by atoms with Gasteiger partial charge in [0.05, 0.1) is 10.5 Å². The number of nitrogens with one attached hydrogen (secondary N) is 1. The molecule has 0 aliphatic heterocycles. The van der Waals surface area contributed by atoms with Gasteiger partial charge in [0.15, 0.2) is 0 Å². The molecular formula is C22H15F3N2O5. The molecule has 3 rings (SSSR count). The Labute approximate surface area is 179 Å². The highest BCUT2D eigenvalue weighted by molar-refractivity contribution is 5.99. The third-order valence-electron chi connectivity index (χ3n) is 4.34. The van der Waals surface area contributed by atoms with Crippen LogP contribution in [0.5, 0.6) is 0 Å². The molecule has 3 aromatic carbocycles. The van der Waals surface area contributed by atoms with Gasteiger partial charge in [0.1, 0.15) is 5.56 Å². The number of benzene rings is 3. The lowest BCUT2D eigenvalue weighted by Gasteiger charge is -2.18. The molecule has 10 heteroatoms. The molecule has 0 fully saturated rings. The van der Waals surface area contributed by atoms with Gasteiger partial charge in [-0.1, -0.05) is 48.5 Å². The maximum Gasteiger partial charge on any atom is 0.416 e. The van der Waals surface area contributed by atoms with Gasteiger partial charge in [0.25, 0.3) is 11.6 Å². The van der Waals surface area contributed by atoms with E-state index in [2.05, 4.69) is 5.32 Å². The number of ether oxygens (including phenoxy) is 1. The first-order chi connectivity index (χ1) is 15.2. The average Bonchev–Trinajstić information content (AvgIpc) is 2.77. The van der Waals surface area contributed by atoms with Crippen LogP contribution in [0.15, 0.2) is 78.9 Å². The van der Waals surface area contributed by atoms with Gasteiger partial charge in [-0.2, -0.15) is 13.2 Å². The van der Waals surface area contributed by atoms with Crippen molar-refractivity contribution in [3.63, 3.8) is 0 Å². The number of alkyl halides is 3. The van der Waals surface area contributed by atoms with E-state index in [-0.39, 0.29) is 16.8 Å². The normalized spacial score (nSPS) is 12.0. The zero-order valence-corrected chi connectivity index (χ0v) is 16.2. The van der Waals surface area contributed by atoms with Crippen molar-refractivity contribution in [3.05, 3.63) is 106 Å². The Hall–Kier alpha value is -4.21. The summed E-state index contributed by atoms with van der Waals surface area (Å²) in [6.45, 7) is 0. The van der Waals surface area contributed by atoms with Crippen LogP contribution >= 0.6 is 0 Å². The maximum absolute atomic E-state index is 13.0. The smallest absolute Gasteiger partial charge is 0.416 e. The number of carbonyl (C=O) groups is 2. The molecule has 0 aliphatic carbocycles. The third-order valence-corrected chi connectivity index (χ3v) is 4.34. The number of nitro groups is 1. The summed E-state index contributed by atoms with van der Waals surface area (Å²) < 4.78 is 44.1. The lowest BCUT2D eigenvalue weighted by molar-refractivity contribution is -0.385. The molecule has 0 heterocycles. The molecule has 1 atom stereocenters. The second-order valence-electron chi connectivity index (χ2n) is 6.54. The van der Waals surface area contributed by atoms with Crippen LogP contribution in [0.25, 0.3) is 0 Å². The first kappa shape index (κ1) is 22.5. The predicted octanol–water partition coefficient (Wildman–Crippen LogP) is 5.15. The van der Waals surface area contributed by atoms with Crippen LogP contribution in [-0.4, -0.2) is 16.8 Å². The summed E-state index contributed by atoms with van der Waals surface area (Å²) in [5.74, 6) is -2.06. The Kier molecular flexibility index (Phi) is 6.53. The summed E-state index contributed by atoms with van der Waals surface area (Å²) >= 11 is 0. The summed E-state index contributed by atoms with van der Waals surface area (Å²) in [4.78, 5) is 35.9. The minimum Gasteiger partial charge on any atom is -0.443 e. The van der Waals surface area contributed by atoms with E-state index in [0.717, 1.165) is 24.3 Å². The van der Waals surface area contributed by atoms with Crippen molar-refractivity contribution in [2.45, 2.75) is 12.3 Å². The van der Waals surface area contributed by atoms with Crippen molar-refractivity contribution in [3.8, 4) is 0 Å². The second-order valence-corrected chi connectivity index (χ2v) is 6.54. The van der Waals surface area contributed by atoms with Crippen molar-refractivity contribution < 1.29 is 32.4 Å². The van der Waals surface area contributed by atoms with Crippen LogP contribution in [0.2, 0.25) is 0 Å². The van der Waals surface area contributed by atoms with Crippen LogP contribution in [0, 0.1) is 10.1 Å². The van der Waals surface area contributed by atoms with Gasteiger partial charge < -0.3 is 10.1 Å². The molecule has 1 amide bonds. The number of hydrogen-bond donors (Lipinski definition) is 1. The van der Waals surface area contributed by atoms with Crippen LogP contribution in [0.1, 0.15) is 27.6 Å². The average molecular weight is 444 g/mol. The van der Waals surface area contributed by atoms with Crippen molar-refractivity contribution in [2.75, 3.05) is 5.32 Å². The van der Waals surface area contributed by atoms with E-state index in [1.807, 2.05) is 0 Å². The van der Waals surface area contributed by atoms with E-state index < -0.39 is 40.3 Å². The maximum atomic E-state index is 13.0. The van der Waals surface area contributed by atoms with E-state index >= 15 is 0 Å². The van der Waals surface area contributed by atoms with Crippen molar-refractivity contribution >= 4 is 23.3 Å². The number of anilines is 1. The van der Waals surface area contributed by atoms with Gasteiger partial charge in [-0.3, -0.25) is 14.9 Å². The van der Waals surface area contributed by atoms with Crippen molar-refractivity contribution in [2.24, 2.45) is 0 Å². The van der Waals surface area contributed by atoms with E-state index in [9.17, 15) is 32.9 Å². The van der Waals surface area contributed by atoms with Crippen molar-refractivity contribution in [1.29, 1.82) is 0 Å². The van der Waals surface area contributed by atoms with Gasteiger partial charge in [-0.25, -0.2) is 4.79 Å². The number of rotatable bonds is 6. The summed E-state index contributed by atoms with van der Waals surface area (Å²) in [7, 11) is 0. The van der Waals surface area contributed by atoms with Gasteiger partial charge >= 0.3 is 12.1 Å². The molecule has 7 nitrogen and oxygen atoms in total. The van der Waals surface area contributed by atoms with Gasteiger partial charge in [0, 0.05) is 17.3 Å². The number of amides is 1. The molecular weight excluding hydrogens is 429 g/mol. The van der Waals surface area contributed by atoms with Gasteiger partial charge in [-0.05, 0) is 24.3 Å². The topological polar surface area (TPSA) is 98.5 Å². The largest absolute Gasteiger partial charge is 0.443 e. The SMILES string of the molecule is O=C(O[C@H](C(=O)Nc1cccc(C(F)(F)F)c1)c1ccccc1)c1ccccc1[N+](=O)[O-]. The van der Waals surface area contributed by atoms with Crippen LogP contribution < -0.4 is 5.32 Å². The van der Waals surface area contributed by atoms with E-state index in [4.69, 9.17) is 4.74 Å². The minimum absolute atomic E-state index is 0.160. The zero-order valence-electron chi connectivity index (χ0n) is 16.2. The Balaban J connectivity index is 1.90. The number of para-hydroxylation sites is 1. The van der Waals surface area contributed by atoms with Gasteiger partial charge in [0.2, 0.25) is 6.10 Å². The first-order valence-electron chi connectivity index (χ1n) is 9.14. The summed E-state index contributed by atoms with van der Waals surface area (Å²) in [5, 5.41) is 13.5. The third kappa shape index (κ3) is 5.28. The first-order valence-corrected chi connectivity index (χ1v) is 9.14. The molecule has 0 spiro atoms. The Morgan fingerprint density at radius 3 is 2.25 bits per heavy atom. The highest BCUT2D eigenvalue weighted by Crippen LogP contribution is 2.31. The predicted molar refractivity (Wildman–Crippen MR) is 108 cm³/mol. The molecule has 0 aliphatic rings. The Morgan fingerprint density at radius 2 is 1.59 bits per heavy atom. The Morgan fingerprint density at radius 1 is 0.938 bits per heavy atom. The highest BCUT2D eigenvalue weighted by Gasteiger charge is 2.32. The van der Waals surface area contributed by atoms with Gasteiger partial charge in [-0.15, -0.1) is 0 Å². The van der Waals surface area contributed by atoms with Crippen LogP contribution in [-0.2, 0) is 15.7 Å². The van der Waals surface area contributed by atoms with E-state index in [1.54, 1.807) is 18.2 Å². The van der Waals surface area contributed by atoms with Crippen LogP contribution in [0.4, 0.5) is 24.5 Å². The summed E-state index contributed by atoms with van der Waals surface area (Å²) in [6, 6.07) is 16.7. The molecule has 0 unspecified atom stereocenters. The summed E-state index contributed by atoms with van der Waals surface area (Å²) in [6.07, 6.45) is -6.18. The fraction of sp³-hybridized carbons (Fsp3) is 0.0909. The molecule has 0 saturated heterocycles. The fourth-order valence-corrected chi connectivity index (χ4v) is 2.86. The molecule has 0 radical (unpaired) electrons. The minimum atomic E-state index is -4.61.